The van der Waals surface area contributed by atoms with Crippen LogP contribution in [0.1, 0.15) is 121 Å². The van der Waals surface area contributed by atoms with Gasteiger partial charge in [-0.15, -0.1) is 24.7 Å². The van der Waals surface area contributed by atoms with E-state index in [-0.39, 0.29) is 0 Å². The standard InChI is InChI=1S/C39H52N2/c1-5-9-12-13-14-15-16-17-18-19-20-21-22-33-39(41-38-32-26-24-30-35(38)28-11-7-3)36(8-4)40-37-31-25-23-29-34(37)27-10-6-2/h2-3,22-26,29-33H,5,8-21,27-28H2,1,4H3. The van der Waals surface area contributed by atoms with Gasteiger partial charge in [-0.05, 0) is 61.4 Å². The molecule has 0 saturated carbocycles. The molecule has 2 aromatic carbocycles. The Morgan fingerprint density at radius 1 is 0.659 bits per heavy atom. The van der Waals surface area contributed by atoms with Gasteiger partial charge >= 0.3 is 0 Å². The summed E-state index contributed by atoms with van der Waals surface area (Å²) in [5.74, 6) is 5.53. The fraction of sp³-hybridized carbons (Fsp3) is 0.487. The third kappa shape index (κ3) is 14.2. The number of hydrogen-bond donors (Lipinski definition) is 0. The van der Waals surface area contributed by atoms with E-state index in [2.05, 4.69) is 74.2 Å². The molecule has 2 aromatic rings. The van der Waals surface area contributed by atoms with E-state index in [1.807, 2.05) is 12.1 Å². The molecule has 0 atom stereocenters. The molecular weight excluding hydrogens is 496 g/mol. The monoisotopic (exact) mass is 548 g/mol. The number of para-hydroxylation sites is 2. The van der Waals surface area contributed by atoms with E-state index in [9.17, 15) is 0 Å². The maximum absolute atomic E-state index is 5.57. The van der Waals surface area contributed by atoms with Gasteiger partial charge in [0.2, 0.25) is 0 Å². The van der Waals surface area contributed by atoms with Crippen LogP contribution in [0.3, 0.4) is 0 Å². The molecule has 0 aliphatic carbocycles. The van der Waals surface area contributed by atoms with E-state index < -0.39 is 0 Å². The van der Waals surface area contributed by atoms with Crippen molar-refractivity contribution in [3.63, 3.8) is 0 Å². The van der Waals surface area contributed by atoms with Crippen molar-refractivity contribution in [2.75, 3.05) is 0 Å². The van der Waals surface area contributed by atoms with Gasteiger partial charge in [-0.25, -0.2) is 4.99 Å². The van der Waals surface area contributed by atoms with Gasteiger partial charge < -0.3 is 0 Å². The quantitative estimate of drug-likeness (QED) is 0.0842. The Balaban J connectivity index is 2.12. The summed E-state index contributed by atoms with van der Waals surface area (Å²) < 4.78 is 0. The molecule has 0 radical (unpaired) electrons. The predicted octanol–water partition coefficient (Wildman–Crippen LogP) is 11.3. The van der Waals surface area contributed by atoms with Crippen molar-refractivity contribution in [1.29, 1.82) is 0 Å². The van der Waals surface area contributed by atoms with Crippen molar-refractivity contribution in [1.82, 2.24) is 0 Å². The zero-order valence-corrected chi connectivity index (χ0v) is 25.8. The maximum atomic E-state index is 5.57. The minimum Gasteiger partial charge on any atom is -0.251 e. The normalized spacial score (nSPS) is 12.0. The average molecular weight is 549 g/mol. The van der Waals surface area contributed by atoms with E-state index in [4.69, 9.17) is 22.8 Å². The first kappa shape index (κ1) is 33.8. The molecule has 41 heavy (non-hydrogen) atoms. The van der Waals surface area contributed by atoms with Gasteiger partial charge in [0.05, 0.1) is 22.8 Å². The van der Waals surface area contributed by atoms with Crippen LogP contribution in [0.4, 0.5) is 11.4 Å². The second kappa shape index (κ2) is 22.3. The number of hydrogen-bond acceptors (Lipinski definition) is 2. The van der Waals surface area contributed by atoms with Gasteiger partial charge in [-0.2, -0.15) is 0 Å². The number of unbranched alkanes of at least 4 members (excludes halogenated alkanes) is 11. The van der Waals surface area contributed by atoms with Gasteiger partial charge in [0.15, 0.2) is 0 Å². The fourth-order valence-corrected chi connectivity index (χ4v) is 4.99. The van der Waals surface area contributed by atoms with E-state index in [0.717, 1.165) is 48.5 Å². The van der Waals surface area contributed by atoms with Gasteiger partial charge in [-0.3, -0.25) is 4.99 Å². The number of aryl methyl sites for hydroxylation is 2. The molecule has 2 rings (SSSR count). The molecule has 2 nitrogen and oxygen atoms in total. The second-order valence-electron chi connectivity index (χ2n) is 10.8. The molecule has 0 N–H and O–H groups in total. The number of allylic oxidation sites excluding steroid dienone is 2. The minimum absolute atomic E-state index is 0.702. The molecule has 218 valence electrons. The molecule has 0 saturated heterocycles. The Morgan fingerprint density at radius 2 is 1.15 bits per heavy atom. The Morgan fingerprint density at radius 3 is 1.66 bits per heavy atom. The van der Waals surface area contributed by atoms with E-state index in [1.54, 1.807) is 0 Å². The number of terminal acetylenes is 2. The highest BCUT2D eigenvalue weighted by atomic mass is 14.8. The summed E-state index contributed by atoms with van der Waals surface area (Å²) in [7, 11) is 0. The number of benzene rings is 2. The van der Waals surface area contributed by atoms with Crippen LogP contribution in [0.25, 0.3) is 0 Å². The van der Waals surface area contributed by atoms with Crippen molar-refractivity contribution < 1.29 is 0 Å². The molecule has 2 heteroatoms. The van der Waals surface area contributed by atoms with Crippen LogP contribution in [0.5, 0.6) is 0 Å². The molecule has 0 aliphatic heterocycles. The number of nitrogens with zero attached hydrogens (tertiary/aromatic N) is 2. The molecule has 0 aliphatic rings. The van der Waals surface area contributed by atoms with Gasteiger partial charge in [0.1, 0.15) is 0 Å². The van der Waals surface area contributed by atoms with Crippen LogP contribution in [0.2, 0.25) is 0 Å². The first-order valence-electron chi connectivity index (χ1n) is 16.1. The Labute approximate surface area is 251 Å². The topological polar surface area (TPSA) is 24.7 Å². The summed E-state index contributed by atoms with van der Waals surface area (Å²) in [4.78, 5) is 10.3. The smallest absolute Gasteiger partial charge is 0.0848 e. The highest BCUT2D eigenvalue weighted by Crippen LogP contribution is 2.24. The van der Waals surface area contributed by atoms with E-state index in [0.29, 0.717) is 12.8 Å². The Bertz CT molecular complexity index is 1170. The lowest BCUT2D eigenvalue weighted by Crippen LogP contribution is -2.11. The molecule has 0 bridgehead atoms. The third-order valence-corrected chi connectivity index (χ3v) is 7.44. The summed E-state index contributed by atoms with van der Waals surface area (Å²) in [6, 6.07) is 16.6. The fourth-order valence-electron chi connectivity index (χ4n) is 4.99. The van der Waals surface area contributed by atoms with Crippen molar-refractivity contribution in [3.8, 4) is 24.7 Å². The summed E-state index contributed by atoms with van der Waals surface area (Å²) in [6.45, 7) is 4.44. The number of aliphatic imine (C=N–C) groups is 2. The third-order valence-electron chi connectivity index (χ3n) is 7.44. The van der Waals surface area contributed by atoms with Crippen molar-refractivity contribution >= 4 is 22.8 Å². The summed E-state index contributed by atoms with van der Waals surface area (Å²) in [5, 5.41) is 0. The largest absolute Gasteiger partial charge is 0.251 e. The Kier molecular flexibility index (Phi) is 18.4. The van der Waals surface area contributed by atoms with Crippen LogP contribution < -0.4 is 0 Å². The van der Waals surface area contributed by atoms with E-state index >= 15 is 0 Å². The first-order chi connectivity index (χ1) is 20.2. The lowest BCUT2D eigenvalue weighted by molar-refractivity contribution is 0.550. The van der Waals surface area contributed by atoms with Crippen molar-refractivity contribution in [2.24, 2.45) is 9.98 Å². The SMILES string of the molecule is C#CCCc1ccccc1N=C(C=CCCCCCCCCCCCCC)C(CC)=Nc1ccccc1CCC#C. The lowest BCUT2D eigenvalue weighted by atomic mass is 10.0. The summed E-state index contributed by atoms with van der Waals surface area (Å²) in [5.41, 5.74) is 6.21. The van der Waals surface area contributed by atoms with Crippen LogP contribution in [0.15, 0.2) is 70.7 Å². The van der Waals surface area contributed by atoms with Crippen LogP contribution in [-0.4, -0.2) is 11.4 Å². The maximum Gasteiger partial charge on any atom is 0.0848 e. The van der Waals surface area contributed by atoms with Gasteiger partial charge in [0.25, 0.3) is 0 Å². The number of rotatable bonds is 21. The van der Waals surface area contributed by atoms with Crippen LogP contribution >= 0.6 is 0 Å². The van der Waals surface area contributed by atoms with Crippen LogP contribution in [0, 0.1) is 24.7 Å². The molecule has 0 amide bonds. The zero-order valence-electron chi connectivity index (χ0n) is 25.8. The minimum atomic E-state index is 0.702. The molecule has 0 heterocycles. The van der Waals surface area contributed by atoms with Crippen molar-refractivity contribution in [3.05, 3.63) is 71.8 Å². The molecule has 0 unspecified atom stereocenters. The highest BCUT2D eigenvalue weighted by molar-refractivity contribution is 6.47. The van der Waals surface area contributed by atoms with Crippen LogP contribution in [-0.2, 0) is 12.8 Å². The van der Waals surface area contributed by atoms with Gasteiger partial charge in [0, 0.05) is 12.8 Å². The summed E-state index contributed by atoms with van der Waals surface area (Å²) in [6.07, 6.45) is 35.4. The molecule has 0 fully saturated rings. The van der Waals surface area contributed by atoms with E-state index in [1.165, 1.54) is 81.8 Å². The highest BCUT2D eigenvalue weighted by Gasteiger charge is 2.09. The lowest BCUT2D eigenvalue weighted by Gasteiger charge is -2.10. The van der Waals surface area contributed by atoms with Crippen molar-refractivity contribution in [2.45, 2.75) is 123 Å². The molecular formula is C39H52N2. The first-order valence-corrected chi connectivity index (χ1v) is 16.1. The Hall–Kier alpha value is -3.36. The van der Waals surface area contributed by atoms with Gasteiger partial charge in [-0.1, -0.05) is 121 Å². The second-order valence-corrected chi connectivity index (χ2v) is 10.8. The molecule has 0 aromatic heterocycles. The molecule has 0 spiro atoms. The summed E-state index contributed by atoms with van der Waals surface area (Å²) >= 11 is 0. The zero-order chi connectivity index (χ0) is 29.4. The average Bonchev–Trinajstić information content (AvgIpc) is 3.00. The predicted molar refractivity (Wildman–Crippen MR) is 182 cm³/mol.